The second-order valence-electron chi connectivity index (χ2n) is 5.23. The van der Waals surface area contributed by atoms with Gasteiger partial charge in [-0.2, -0.15) is 0 Å². The zero-order valence-electron chi connectivity index (χ0n) is 12.1. The molecule has 3 N–H and O–H groups in total. The van der Waals surface area contributed by atoms with Crippen molar-refractivity contribution in [1.29, 1.82) is 0 Å². The van der Waals surface area contributed by atoms with Crippen LogP contribution >= 0.6 is 0 Å². The number of benzene rings is 1. The molecular formula is C15H23NO3. The van der Waals surface area contributed by atoms with Gasteiger partial charge in [-0.05, 0) is 42.9 Å². The van der Waals surface area contributed by atoms with Gasteiger partial charge in [0, 0.05) is 12.5 Å². The van der Waals surface area contributed by atoms with E-state index in [1.165, 1.54) is 0 Å². The van der Waals surface area contributed by atoms with E-state index in [1.807, 2.05) is 32.9 Å². The molecule has 4 heteroatoms. The van der Waals surface area contributed by atoms with Crippen molar-refractivity contribution >= 4 is 5.97 Å². The van der Waals surface area contributed by atoms with Gasteiger partial charge in [-0.25, -0.2) is 0 Å². The molecule has 0 spiro atoms. The van der Waals surface area contributed by atoms with Crippen LogP contribution in [0, 0.1) is 19.8 Å². The van der Waals surface area contributed by atoms with Crippen LogP contribution < -0.4 is 10.5 Å². The van der Waals surface area contributed by atoms with E-state index in [0.717, 1.165) is 22.4 Å². The molecule has 1 aromatic carbocycles. The van der Waals surface area contributed by atoms with E-state index in [9.17, 15) is 4.79 Å². The molecule has 0 aliphatic heterocycles. The van der Waals surface area contributed by atoms with E-state index >= 15 is 0 Å². The molecule has 0 aromatic heterocycles. The Balaban J connectivity index is 2.83. The van der Waals surface area contributed by atoms with Crippen molar-refractivity contribution in [2.45, 2.75) is 39.7 Å². The first-order valence-electron chi connectivity index (χ1n) is 6.47. The van der Waals surface area contributed by atoms with Gasteiger partial charge in [0.25, 0.3) is 0 Å². The van der Waals surface area contributed by atoms with Crippen molar-refractivity contribution in [1.82, 2.24) is 0 Å². The average Bonchev–Trinajstić information content (AvgIpc) is 2.26. The molecule has 2 unspecified atom stereocenters. The monoisotopic (exact) mass is 265 g/mol. The molecule has 0 fully saturated rings. The van der Waals surface area contributed by atoms with Crippen LogP contribution in [0.2, 0.25) is 0 Å². The summed E-state index contributed by atoms with van der Waals surface area (Å²) >= 11 is 0. The molecule has 0 heterocycles. The Morgan fingerprint density at radius 3 is 2.32 bits per heavy atom. The fraction of sp³-hybridized carbons (Fsp3) is 0.533. The number of ether oxygens (including phenoxy) is 1. The van der Waals surface area contributed by atoms with Gasteiger partial charge in [0.2, 0.25) is 0 Å². The van der Waals surface area contributed by atoms with Crippen molar-refractivity contribution < 1.29 is 14.6 Å². The number of rotatable bonds is 6. The Labute approximate surface area is 114 Å². The second-order valence-corrected chi connectivity index (χ2v) is 5.23. The van der Waals surface area contributed by atoms with Gasteiger partial charge >= 0.3 is 5.97 Å². The first kappa shape index (κ1) is 15.5. The molecule has 4 nitrogen and oxygen atoms in total. The van der Waals surface area contributed by atoms with Crippen LogP contribution in [0.25, 0.3) is 0 Å². The zero-order valence-corrected chi connectivity index (χ0v) is 12.1. The maximum atomic E-state index is 10.7. The summed E-state index contributed by atoms with van der Waals surface area (Å²) in [5.41, 5.74) is 9.31. The number of aliphatic carboxylic acids is 1. The van der Waals surface area contributed by atoms with E-state index in [4.69, 9.17) is 15.6 Å². The Morgan fingerprint density at radius 1 is 1.37 bits per heavy atom. The van der Waals surface area contributed by atoms with Gasteiger partial charge in [-0.15, -0.1) is 0 Å². The topological polar surface area (TPSA) is 72.5 Å². The van der Waals surface area contributed by atoms with Crippen molar-refractivity contribution in [3.8, 4) is 5.75 Å². The largest absolute Gasteiger partial charge is 0.496 e. The molecule has 0 amide bonds. The maximum Gasteiger partial charge on any atom is 0.303 e. The summed E-state index contributed by atoms with van der Waals surface area (Å²) in [5.74, 6) is 0.173. The summed E-state index contributed by atoms with van der Waals surface area (Å²) in [6, 6.07) is 3.89. The third kappa shape index (κ3) is 4.24. The zero-order chi connectivity index (χ0) is 14.6. The summed E-state index contributed by atoms with van der Waals surface area (Å²) < 4.78 is 5.33. The molecule has 1 rings (SSSR count). The molecule has 0 saturated heterocycles. The van der Waals surface area contributed by atoms with Gasteiger partial charge in [0.15, 0.2) is 0 Å². The summed E-state index contributed by atoms with van der Waals surface area (Å²) in [6.07, 6.45) is 0.819. The van der Waals surface area contributed by atoms with Crippen LogP contribution in [-0.2, 0) is 4.79 Å². The van der Waals surface area contributed by atoms with Gasteiger partial charge in [-0.3, -0.25) is 4.79 Å². The first-order valence-corrected chi connectivity index (χ1v) is 6.47. The summed E-state index contributed by atoms with van der Waals surface area (Å²) in [7, 11) is 1.66. The standard InChI is InChI=1S/C15H23NO3/c1-9(6-14(17)18)5-13(16)12-7-10(2)15(19-4)11(3)8-12/h7-9,13H,5-6,16H2,1-4H3,(H,17,18). The van der Waals surface area contributed by atoms with E-state index in [-0.39, 0.29) is 18.4 Å². The van der Waals surface area contributed by atoms with Crippen molar-refractivity contribution in [2.24, 2.45) is 11.7 Å². The lowest BCUT2D eigenvalue weighted by molar-refractivity contribution is -0.138. The van der Waals surface area contributed by atoms with E-state index < -0.39 is 5.97 Å². The highest BCUT2D eigenvalue weighted by Crippen LogP contribution is 2.29. The quantitative estimate of drug-likeness (QED) is 0.829. The number of methoxy groups -OCH3 is 1. The summed E-state index contributed by atoms with van der Waals surface area (Å²) in [4.78, 5) is 10.7. The molecule has 0 saturated carbocycles. The van der Waals surface area contributed by atoms with E-state index in [1.54, 1.807) is 7.11 Å². The second kappa shape index (κ2) is 6.57. The van der Waals surface area contributed by atoms with Crippen molar-refractivity contribution in [2.75, 3.05) is 7.11 Å². The average molecular weight is 265 g/mol. The highest BCUT2D eigenvalue weighted by atomic mass is 16.5. The fourth-order valence-electron chi connectivity index (χ4n) is 2.47. The minimum Gasteiger partial charge on any atom is -0.496 e. The normalized spacial score (nSPS) is 13.9. The van der Waals surface area contributed by atoms with Crippen LogP contribution in [0.3, 0.4) is 0 Å². The van der Waals surface area contributed by atoms with Crippen molar-refractivity contribution in [3.63, 3.8) is 0 Å². The molecule has 0 radical (unpaired) electrons. The van der Waals surface area contributed by atoms with Gasteiger partial charge < -0.3 is 15.6 Å². The lowest BCUT2D eigenvalue weighted by Crippen LogP contribution is -2.16. The minimum absolute atomic E-state index is 0.0650. The molecule has 0 aliphatic carbocycles. The summed E-state index contributed by atoms with van der Waals surface area (Å²) in [6.45, 7) is 5.89. The minimum atomic E-state index is -0.776. The highest BCUT2D eigenvalue weighted by molar-refractivity contribution is 5.66. The third-order valence-electron chi connectivity index (χ3n) is 3.29. The molecule has 19 heavy (non-hydrogen) atoms. The molecule has 106 valence electrons. The van der Waals surface area contributed by atoms with Gasteiger partial charge in [0.1, 0.15) is 5.75 Å². The number of hydrogen-bond acceptors (Lipinski definition) is 3. The number of aryl methyl sites for hydroxylation is 2. The molecule has 2 atom stereocenters. The van der Waals surface area contributed by atoms with E-state index in [2.05, 4.69) is 0 Å². The molecule has 0 aliphatic rings. The first-order chi connectivity index (χ1) is 8.85. The van der Waals surface area contributed by atoms with E-state index in [0.29, 0.717) is 6.42 Å². The maximum absolute atomic E-state index is 10.7. The molecule has 1 aromatic rings. The van der Waals surface area contributed by atoms with Crippen LogP contribution in [0.15, 0.2) is 12.1 Å². The lowest BCUT2D eigenvalue weighted by Gasteiger charge is -2.19. The van der Waals surface area contributed by atoms with Crippen LogP contribution in [-0.4, -0.2) is 18.2 Å². The lowest BCUT2D eigenvalue weighted by atomic mass is 9.92. The highest BCUT2D eigenvalue weighted by Gasteiger charge is 2.16. The predicted molar refractivity (Wildman–Crippen MR) is 75.4 cm³/mol. The third-order valence-corrected chi connectivity index (χ3v) is 3.29. The number of hydrogen-bond donors (Lipinski definition) is 2. The van der Waals surface area contributed by atoms with Gasteiger partial charge in [0.05, 0.1) is 7.11 Å². The fourth-order valence-corrected chi connectivity index (χ4v) is 2.47. The SMILES string of the molecule is COc1c(C)cc(C(N)CC(C)CC(=O)O)cc1C. The van der Waals surface area contributed by atoms with Gasteiger partial charge in [-0.1, -0.05) is 19.1 Å². The van der Waals surface area contributed by atoms with Crippen LogP contribution in [0.1, 0.15) is 42.5 Å². The number of nitrogens with two attached hydrogens (primary N) is 1. The smallest absolute Gasteiger partial charge is 0.303 e. The number of carbonyl (C=O) groups is 1. The Morgan fingerprint density at radius 2 is 1.89 bits per heavy atom. The Hall–Kier alpha value is -1.55. The number of carboxylic acid groups (broad SMARTS) is 1. The Kier molecular flexibility index (Phi) is 5.36. The molecule has 0 bridgehead atoms. The molecular weight excluding hydrogens is 242 g/mol. The van der Waals surface area contributed by atoms with Crippen LogP contribution in [0.4, 0.5) is 0 Å². The Bertz CT molecular complexity index is 434. The predicted octanol–water partition coefficient (Wildman–Crippen LogP) is 2.81. The van der Waals surface area contributed by atoms with Crippen molar-refractivity contribution in [3.05, 3.63) is 28.8 Å². The summed E-state index contributed by atoms with van der Waals surface area (Å²) in [5, 5.41) is 8.77. The van der Waals surface area contributed by atoms with Crippen LogP contribution in [0.5, 0.6) is 5.75 Å². The number of carboxylic acids is 1.